The minimum Gasteiger partial charge on any atom is -0.389 e. The lowest BCUT2D eigenvalue weighted by Crippen LogP contribution is -2.36. The second-order valence-electron chi connectivity index (χ2n) is 4.78. The fraction of sp³-hybridized carbons (Fsp3) is 0.500. The zero-order valence-electron chi connectivity index (χ0n) is 10.8. The summed E-state index contributed by atoms with van der Waals surface area (Å²) in [6, 6.07) is 8.71. The molecule has 1 aliphatic heterocycles. The average molecular weight is 264 g/mol. The van der Waals surface area contributed by atoms with Crippen LogP contribution in [0.4, 0.5) is 0 Å². The number of thiocarbonyl (C=S) groups is 1. The molecule has 0 aliphatic carbocycles. The van der Waals surface area contributed by atoms with E-state index in [2.05, 4.69) is 18.0 Å². The number of nitrogens with zero attached hydrogens (tertiary/aromatic N) is 1. The van der Waals surface area contributed by atoms with E-state index in [1.807, 2.05) is 18.2 Å². The molecule has 0 amide bonds. The molecule has 98 valence electrons. The van der Waals surface area contributed by atoms with Gasteiger partial charge in [-0.25, -0.2) is 0 Å². The molecule has 1 fully saturated rings. The molecule has 18 heavy (non-hydrogen) atoms. The maximum Gasteiger partial charge on any atom is 0.104 e. The summed E-state index contributed by atoms with van der Waals surface area (Å²) in [7, 11) is 2.16. The molecule has 2 N–H and O–H groups in total. The predicted octanol–water partition coefficient (Wildman–Crippen LogP) is 1.93. The number of rotatable bonds is 4. The minimum absolute atomic E-state index is 0.478. The molecule has 1 aromatic rings. The highest BCUT2D eigenvalue weighted by Crippen LogP contribution is 2.17. The standard InChI is InChI=1S/C14H20N2OS/c1-16(12-6-8-17-9-7-12)10-11-4-2-3-5-13(11)14(15)18/h2-5,12H,6-10H2,1H3,(H2,15,18). The summed E-state index contributed by atoms with van der Waals surface area (Å²) in [5.41, 5.74) is 7.96. The van der Waals surface area contributed by atoms with Gasteiger partial charge in [0, 0.05) is 31.4 Å². The lowest BCUT2D eigenvalue weighted by molar-refractivity contribution is 0.0407. The first kappa shape index (κ1) is 13.5. The van der Waals surface area contributed by atoms with Crippen molar-refractivity contribution in [1.29, 1.82) is 0 Å². The molecule has 1 heterocycles. The van der Waals surface area contributed by atoms with Gasteiger partial charge in [0.2, 0.25) is 0 Å². The smallest absolute Gasteiger partial charge is 0.104 e. The Bertz CT molecular complexity index is 416. The van der Waals surface area contributed by atoms with Gasteiger partial charge in [-0.15, -0.1) is 0 Å². The number of benzene rings is 1. The molecule has 1 aliphatic rings. The molecular formula is C14H20N2OS. The Morgan fingerprint density at radius 1 is 1.39 bits per heavy atom. The molecule has 0 unspecified atom stereocenters. The van der Waals surface area contributed by atoms with E-state index < -0.39 is 0 Å². The van der Waals surface area contributed by atoms with Crippen molar-refractivity contribution in [3.05, 3.63) is 35.4 Å². The van der Waals surface area contributed by atoms with Gasteiger partial charge < -0.3 is 10.5 Å². The average Bonchev–Trinajstić information content (AvgIpc) is 2.40. The van der Waals surface area contributed by atoms with E-state index in [1.165, 1.54) is 5.56 Å². The van der Waals surface area contributed by atoms with Crippen molar-refractivity contribution < 1.29 is 4.74 Å². The van der Waals surface area contributed by atoms with Gasteiger partial charge in [-0.2, -0.15) is 0 Å². The van der Waals surface area contributed by atoms with Gasteiger partial charge in [-0.1, -0.05) is 36.5 Å². The number of ether oxygens (including phenoxy) is 1. The predicted molar refractivity (Wildman–Crippen MR) is 77.6 cm³/mol. The third-order valence-electron chi connectivity index (χ3n) is 3.52. The van der Waals surface area contributed by atoms with Crippen LogP contribution in [-0.2, 0) is 11.3 Å². The highest BCUT2D eigenvalue weighted by molar-refractivity contribution is 7.80. The Morgan fingerprint density at radius 2 is 2.06 bits per heavy atom. The van der Waals surface area contributed by atoms with Gasteiger partial charge in [0.1, 0.15) is 4.99 Å². The molecule has 1 aromatic carbocycles. The molecule has 0 spiro atoms. The maximum absolute atomic E-state index is 5.76. The van der Waals surface area contributed by atoms with Gasteiger partial charge in [0.25, 0.3) is 0 Å². The quantitative estimate of drug-likeness (QED) is 0.843. The summed E-state index contributed by atoms with van der Waals surface area (Å²) in [6.45, 7) is 2.62. The molecule has 2 rings (SSSR count). The molecule has 3 nitrogen and oxygen atoms in total. The van der Waals surface area contributed by atoms with E-state index in [0.29, 0.717) is 11.0 Å². The minimum atomic E-state index is 0.478. The molecule has 1 saturated heterocycles. The van der Waals surface area contributed by atoms with Crippen molar-refractivity contribution in [2.75, 3.05) is 20.3 Å². The van der Waals surface area contributed by atoms with Crippen molar-refractivity contribution in [3.8, 4) is 0 Å². The van der Waals surface area contributed by atoms with Crippen LogP contribution in [0.15, 0.2) is 24.3 Å². The first-order valence-electron chi connectivity index (χ1n) is 6.34. The number of hydrogen-bond acceptors (Lipinski definition) is 3. The van der Waals surface area contributed by atoms with Crippen molar-refractivity contribution in [3.63, 3.8) is 0 Å². The molecule has 4 heteroatoms. The SMILES string of the molecule is CN(Cc1ccccc1C(N)=S)C1CCOCC1. The third-order valence-corrected chi connectivity index (χ3v) is 3.74. The van der Waals surface area contributed by atoms with Crippen LogP contribution >= 0.6 is 12.2 Å². The monoisotopic (exact) mass is 264 g/mol. The summed E-state index contributed by atoms with van der Waals surface area (Å²) in [5.74, 6) is 0. The van der Waals surface area contributed by atoms with Crippen LogP contribution in [0.25, 0.3) is 0 Å². The van der Waals surface area contributed by atoms with Crippen molar-refractivity contribution in [2.45, 2.75) is 25.4 Å². The molecule has 0 atom stereocenters. The fourth-order valence-electron chi connectivity index (χ4n) is 2.42. The largest absolute Gasteiger partial charge is 0.389 e. The lowest BCUT2D eigenvalue weighted by Gasteiger charge is -2.31. The Morgan fingerprint density at radius 3 is 2.72 bits per heavy atom. The summed E-state index contributed by atoms with van der Waals surface area (Å²) in [4.78, 5) is 2.85. The third kappa shape index (κ3) is 3.28. The summed E-state index contributed by atoms with van der Waals surface area (Å²) >= 11 is 5.10. The van der Waals surface area contributed by atoms with Crippen LogP contribution in [0.3, 0.4) is 0 Å². The van der Waals surface area contributed by atoms with Gasteiger partial charge in [0.15, 0.2) is 0 Å². The number of nitrogens with two attached hydrogens (primary N) is 1. The second kappa shape index (κ2) is 6.27. The van der Waals surface area contributed by atoms with Crippen LogP contribution in [0, 0.1) is 0 Å². The zero-order valence-corrected chi connectivity index (χ0v) is 11.6. The first-order chi connectivity index (χ1) is 8.68. The van der Waals surface area contributed by atoms with E-state index >= 15 is 0 Å². The van der Waals surface area contributed by atoms with Crippen molar-refractivity contribution in [2.24, 2.45) is 5.73 Å². The Labute approximate surface area is 114 Å². The summed E-state index contributed by atoms with van der Waals surface area (Å²) in [6.07, 6.45) is 2.21. The highest BCUT2D eigenvalue weighted by atomic mass is 32.1. The zero-order chi connectivity index (χ0) is 13.0. The fourth-order valence-corrected chi connectivity index (χ4v) is 2.62. The van der Waals surface area contributed by atoms with Crippen molar-refractivity contribution in [1.82, 2.24) is 4.90 Å². The van der Waals surface area contributed by atoms with Gasteiger partial charge >= 0.3 is 0 Å². The van der Waals surface area contributed by atoms with Crippen LogP contribution in [-0.4, -0.2) is 36.2 Å². The Kier molecular flexibility index (Phi) is 4.69. The topological polar surface area (TPSA) is 38.5 Å². The van der Waals surface area contributed by atoms with Gasteiger partial charge in [0.05, 0.1) is 0 Å². The lowest BCUT2D eigenvalue weighted by atomic mass is 10.0. The molecule has 0 radical (unpaired) electrons. The molecular weight excluding hydrogens is 244 g/mol. The maximum atomic E-state index is 5.76. The summed E-state index contributed by atoms with van der Waals surface area (Å²) in [5, 5.41) is 0. The Balaban J connectivity index is 2.06. The normalized spacial score (nSPS) is 17.0. The van der Waals surface area contributed by atoms with Gasteiger partial charge in [-0.3, -0.25) is 4.90 Å². The van der Waals surface area contributed by atoms with E-state index in [0.717, 1.165) is 38.2 Å². The van der Waals surface area contributed by atoms with Crippen LogP contribution in [0.2, 0.25) is 0 Å². The highest BCUT2D eigenvalue weighted by Gasteiger charge is 2.19. The van der Waals surface area contributed by atoms with E-state index in [4.69, 9.17) is 22.7 Å². The van der Waals surface area contributed by atoms with Crippen LogP contribution in [0.1, 0.15) is 24.0 Å². The van der Waals surface area contributed by atoms with Crippen molar-refractivity contribution >= 4 is 17.2 Å². The van der Waals surface area contributed by atoms with Crippen LogP contribution in [0.5, 0.6) is 0 Å². The summed E-state index contributed by atoms with van der Waals surface area (Å²) < 4.78 is 5.39. The molecule has 0 aromatic heterocycles. The second-order valence-corrected chi connectivity index (χ2v) is 5.22. The van der Waals surface area contributed by atoms with E-state index in [1.54, 1.807) is 0 Å². The molecule has 0 saturated carbocycles. The molecule has 0 bridgehead atoms. The Hall–Kier alpha value is -0.970. The number of hydrogen-bond donors (Lipinski definition) is 1. The van der Waals surface area contributed by atoms with E-state index in [9.17, 15) is 0 Å². The first-order valence-corrected chi connectivity index (χ1v) is 6.75. The van der Waals surface area contributed by atoms with Crippen LogP contribution < -0.4 is 5.73 Å². The van der Waals surface area contributed by atoms with Gasteiger partial charge in [-0.05, 0) is 25.5 Å². The van der Waals surface area contributed by atoms with E-state index in [-0.39, 0.29) is 0 Å².